The van der Waals surface area contributed by atoms with E-state index in [9.17, 15) is 0 Å². The highest BCUT2D eigenvalue weighted by atomic mass is 14.2. The Balaban J connectivity index is 0.000000255. The molecule has 1 aromatic carbocycles. The Kier molecular flexibility index (Phi) is 12.1. The molecule has 0 saturated heterocycles. The van der Waals surface area contributed by atoms with Gasteiger partial charge in [0.1, 0.15) is 0 Å². The van der Waals surface area contributed by atoms with Crippen molar-refractivity contribution in [2.75, 3.05) is 0 Å². The molecule has 2 radical (unpaired) electrons. The van der Waals surface area contributed by atoms with E-state index in [1.54, 1.807) is 0 Å². The second-order valence-corrected chi connectivity index (χ2v) is 6.65. The van der Waals surface area contributed by atoms with E-state index in [2.05, 4.69) is 44.2 Å². The lowest BCUT2D eigenvalue weighted by atomic mass is 9.88. The Hall–Kier alpha value is -0.780. The smallest absolute Gasteiger partial charge is 0.0279 e. The second-order valence-electron chi connectivity index (χ2n) is 6.65. The summed E-state index contributed by atoms with van der Waals surface area (Å²) >= 11 is 0. The van der Waals surface area contributed by atoms with Crippen LogP contribution in [-0.4, -0.2) is 0 Å². The van der Waals surface area contributed by atoms with Crippen LogP contribution in [0.1, 0.15) is 82.6 Å². The van der Waals surface area contributed by atoms with Crippen LogP contribution in [0.5, 0.6) is 0 Å². The lowest BCUT2D eigenvalue weighted by molar-refractivity contribution is 0.360. The summed E-state index contributed by atoms with van der Waals surface area (Å²) in [6, 6.07) is 10.8. The fourth-order valence-electron chi connectivity index (χ4n) is 3.16. The Labute approximate surface area is 139 Å². The third-order valence-electron chi connectivity index (χ3n) is 4.69. The maximum atomic E-state index is 3.91. The van der Waals surface area contributed by atoms with Crippen molar-refractivity contribution >= 4 is 0 Å². The molecule has 0 nitrogen and oxygen atoms in total. The SMILES string of the molecule is [CH2]CC1CCCCC1.[CH2]CCCCCCCc1ccccc1. The first-order chi connectivity index (χ1) is 10.9. The third kappa shape index (κ3) is 10.0. The lowest BCUT2D eigenvalue weighted by Gasteiger charge is -2.18. The summed E-state index contributed by atoms with van der Waals surface area (Å²) in [6.45, 7) is 7.76. The minimum atomic E-state index is 0.976. The molecule has 1 saturated carbocycles. The van der Waals surface area contributed by atoms with Gasteiger partial charge in [0.15, 0.2) is 0 Å². The number of hydrogen-bond donors (Lipinski definition) is 0. The van der Waals surface area contributed by atoms with Gasteiger partial charge in [-0.25, -0.2) is 0 Å². The van der Waals surface area contributed by atoms with Crippen LogP contribution in [0.3, 0.4) is 0 Å². The third-order valence-corrected chi connectivity index (χ3v) is 4.69. The Morgan fingerprint density at radius 3 is 2.00 bits per heavy atom. The Bertz CT molecular complexity index is 321. The number of aryl methyl sites for hydroxylation is 1. The summed E-state index contributed by atoms with van der Waals surface area (Å²) in [4.78, 5) is 0. The minimum absolute atomic E-state index is 0.976. The molecule has 0 aromatic heterocycles. The fourth-order valence-corrected chi connectivity index (χ4v) is 3.16. The van der Waals surface area contributed by atoms with E-state index in [-0.39, 0.29) is 0 Å². The molecule has 1 aliphatic rings. The normalized spacial score (nSPS) is 15.2. The van der Waals surface area contributed by atoms with E-state index in [1.165, 1.54) is 82.6 Å². The summed E-state index contributed by atoms with van der Waals surface area (Å²) in [7, 11) is 0. The van der Waals surface area contributed by atoms with Crippen LogP contribution in [0.4, 0.5) is 0 Å². The molecule has 0 atom stereocenters. The van der Waals surface area contributed by atoms with Crippen LogP contribution >= 0.6 is 0 Å². The van der Waals surface area contributed by atoms with Crippen LogP contribution in [0, 0.1) is 19.8 Å². The van der Waals surface area contributed by atoms with E-state index in [4.69, 9.17) is 0 Å². The van der Waals surface area contributed by atoms with E-state index >= 15 is 0 Å². The molecule has 22 heavy (non-hydrogen) atoms. The monoisotopic (exact) mass is 300 g/mol. The van der Waals surface area contributed by atoms with Gasteiger partial charge in [0, 0.05) is 0 Å². The van der Waals surface area contributed by atoms with Crippen LogP contribution < -0.4 is 0 Å². The van der Waals surface area contributed by atoms with Crippen LogP contribution in [0.2, 0.25) is 0 Å². The maximum absolute atomic E-state index is 3.91. The van der Waals surface area contributed by atoms with Gasteiger partial charge in [-0.3, -0.25) is 0 Å². The lowest BCUT2D eigenvalue weighted by Crippen LogP contribution is -2.03. The van der Waals surface area contributed by atoms with Crippen molar-refractivity contribution in [2.24, 2.45) is 5.92 Å². The van der Waals surface area contributed by atoms with E-state index in [0.717, 1.165) is 12.3 Å². The van der Waals surface area contributed by atoms with Gasteiger partial charge < -0.3 is 0 Å². The zero-order valence-corrected chi connectivity index (χ0v) is 14.6. The summed E-state index contributed by atoms with van der Waals surface area (Å²) in [5, 5.41) is 0. The predicted molar refractivity (Wildman–Crippen MR) is 99.8 cm³/mol. The molecule has 1 aromatic rings. The molecule has 1 fully saturated rings. The highest BCUT2D eigenvalue weighted by Gasteiger charge is 2.09. The first kappa shape index (κ1) is 19.3. The van der Waals surface area contributed by atoms with Gasteiger partial charge in [-0.2, -0.15) is 0 Å². The quantitative estimate of drug-likeness (QED) is 0.445. The van der Waals surface area contributed by atoms with Gasteiger partial charge in [0.25, 0.3) is 0 Å². The molecular weight excluding hydrogens is 264 g/mol. The number of unbranched alkanes of at least 4 members (excludes halogenated alkanes) is 5. The molecule has 0 aliphatic heterocycles. The van der Waals surface area contributed by atoms with Crippen molar-refractivity contribution in [2.45, 2.75) is 83.5 Å². The van der Waals surface area contributed by atoms with Crippen LogP contribution in [0.15, 0.2) is 30.3 Å². The largest absolute Gasteiger partial charge is 0.0622 e. The van der Waals surface area contributed by atoms with Crippen molar-refractivity contribution in [3.05, 3.63) is 49.7 Å². The zero-order valence-electron chi connectivity index (χ0n) is 14.6. The summed E-state index contributed by atoms with van der Waals surface area (Å²) in [6.07, 6.45) is 17.5. The second kappa shape index (κ2) is 13.9. The zero-order chi connectivity index (χ0) is 15.9. The van der Waals surface area contributed by atoms with Crippen LogP contribution in [-0.2, 0) is 6.42 Å². The molecule has 0 spiro atoms. The molecule has 0 bridgehead atoms. The van der Waals surface area contributed by atoms with Crippen LogP contribution in [0.25, 0.3) is 0 Å². The molecule has 0 unspecified atom stereocenters. The first-order valence-corrected chi connectivity index (χ1v) is 9.49. The molecule has 0 heteroatoms. The average Bonchev–Trinajstić information content (AvgIpc) is 2.60. The highest BCUT2D eigenvalue weighted by molar-refractivity contribution is 5.14. The maximum Gasteiger partial charge on any atom is -0.0279 e. The predicted octanol–water partition coefficient (Wildman–Crippen LogP) is 7.19. The van der Waals surface area contributed by atoms with Gasteiger partial charge in [-0.15, -0.1) is 0 Å². The molecule has 124 valence electrons. The number of benzene rings is 1. The van der Waals surface area contributed by atoms with Gasteiger partial charge in [-0.05, 0) is 24.3 Å². The topological polar surface area (TPSA) is 0 Å². The van der Waals surface area contributed by atoms with Crippen molar-refractivity contribution in [3.8, 4) is 0 Å². The Morgan fingerprint density at radius 2 is 1.41 bits per heavy atom. The average molecular weight is 301 g/mol. The minimum Gasteiger partial charge on any atom is -0.0622 e. The highest BCUT2D eigenvalue weighted by Crippen LogP contribution is 2.25. The van der Waals surface area contributed by atoms with Crippen molar-refractivity contribution in [3.63, 3.8) is 0 Å². The van der Waals surface area contributed by atoms with Gasteiger partial charge in [0.05, 0.1) is 0 Å². The van der Waals surface area contributed by atoms with E-state index < -0.39 is 0 Å². The molecular formula is C22H36. The summed E-state index contributed by atoms with van der Waals surface area (Å²) < 4.78 is 0. The molecule has 1 aliphatic carbocycles. The summed E-state index contributed by atoms with van der Waals surface area (Å²) in [5.41, 5.74) is 1.48. The number of hydrogen-bond acceptors (Lipinski definition) is 0. The van der Waals surface area contributed by atoms with E-state index in [1.807, 2.05) is 0 Å². The molecule has 0 heterocycles. The first-order valence-electron chi connectivity index (χ1n) is 9.49. The van der Waals surface area contributed by atoms with E-state index in [0.29, 0.717) is 0 Å². The molecule has 0 N–H and O–H groups in total. The van der Waals surface area contributed by atoms with Crippen molar-refractivity contribution in [1.29, 1.82) is 0 Å². The standard InChI is InChI=1S/C14H21.C8H15/c1-2-3-4-5-6-8-11-14-12-9-7-10-13-14;1-2-8-6-4-3-5-7-8/h7,9-10,12-13H,1-6,8,11H2;8H,1-7H2. The molecule has 2 rings (SSSR count). The molecule has 0 amide bonds. The van der Waals surface area contributed by atoms with Crippen molar-refractivity contribution in [1.82, 2.24) is 0 Å². The fraction of sp³-hybridized carbons (Fsp3) is 0.636. The van der Waals surface area contributed by atoms with Gasteiger partial charge in [0.2, 0.25) is 0 Å². The van der Waals surface area contributed by atoms with Gasteiger partial charge in [-0.1, -0.05) is 115 Å². The Morgan fingerprint density at radius 1 is 0.773 bits per heavy atom. The summed E-state index contributed by atoms with van der Waals surface area (Å²) in [5.74, 6) is 0.976. The van der Waals surface area contributed by atoms with Gasteiger partial charge >= 0.3 is 0 Å². The van der Waals surface area contributed by atoms with Crippen molar-refractivity contribution < 1.29 is 0 Å². The number of rotatable bonds is 8.